The minimum absolute atomic E-state index is 1.08. The Morgan fingerprint density at radius 3 is 2.60 bits per heavy atom. The molecular formula is C9H15N. The van der Waals surface area contributed by atoms with Gasteiger partial charge in [-0.1, -0.05) is 25.2 Å². The molecule has 1 heteroatoms. The van der Waals surface area contributed by atoms with Gasteiger partial charge in [0.25, 0.3) is 0 Å². The molecule has 0 radical (unpaired) electrons. The van der Waals surface area contributed by atoms with Gasteiger partial charge in [-0.2, -0.15) is 0 Å². The largest absolute Gasteiger partial charge is 0.296 e. The van der Waals surface area contributed by atoms with E-state index >= 15 is 0 Å². The van der Waals surface area contributed by atoms with Crippen molar-refractivity contribution in [2.75, 3.05) is 7.05 Å². The van der Waals surface area contributed by atoms with E-state index in [2.05, 4.69) is 24.1 Å². The van der Waals surface area contributed by atoms with Gasteiger partial charge in [-0.05, 0) is 18.9 Å². The first-order chi connectivity index (χ1) is 4.85. The maximum atomic E-state index is 3.92. The maximum Gasteiger partial charge on any atom is 0.0277 e. The Morgan fingerprint density at radius 1 is 1.50 bits per heavy atom. The molecule has 1 nitrogen and oxygen atoms in total. The Kier molecular flexibility index (Phi) is 5.74. The SMILES string of the molecule is C/C=C(C=NC)\C=C/CC. The van der Waals surface area contributed by atoms with Crippen LogP contribution < -0.4 is 0 Å². The molecule has 0 bridgehead atoms. The Bertz CT molecular complexity index is 152. The molecule has 0 N–H and O–H groups in total. The van der Waals surface area contributed by atoms with Crippen LogP contribution in [0.2, 0.25) is 0 Å². The summed E-state index contributed by atoms with van der Waals surface area (Å²) in [4.78, 5) is 3.92. The highest BCUT2D eigenvalue weighted by Gasteiger charge is 1.79. The van der Waals surface area contributed by atoms with Crippen molar-refractivity contribution in [3.05, 3.63) is 23.8 Å². The van der Waals surface area contributed by atoms with Crippen LogP contribution in [-0.2, 0) is 0 Å². The van der Waals surface area contributed by atoms with Gasteiger partial charge in [0.2, 0.25) is 0 Å². The molecule has 0 fully saturated rings. The number of hydrogen-bond donors (Lipinski definition) is 0. The summed E-state index contributed by atoms with van der Waals surface area (Å²) in [5, 5.41) is 0. The monoisotopic (exact) mass is 137 g/mol. The van der Waals surface area contributed by atoms with Crippen LogP contribution in [0.15, 0.2) is 28.8 Å². The van der Waals surface area contributed by atoms with Crippen molar-refractivity contribution in [3.8, 4) is 0 Å². The standard InChI is InChI=1S/C9H15N/c1-4-6-7-9(5-2)8-10-3/h5-8H,4H2,1-3H3/b7-6-,9-5+,10-8?. The van der Waals surface area contributed by atoms with Gasteiger partial charge < -0.3 is 0 Å². The summed E-state index contributed by atoms with van der Waals surface area (Å²) >= 11 is 0. The fourth-order valence-corrected chi connectivity index (χ4v) is 0.617. The summed E-state index contributed by atoms with van der Waals surface area (Å²) in [6.07, 6.45) is 9.17. The summed E-state index contributed by atoms with van der Waals surface area (Å²) < 4.78 is 0. The molecule has 0 rings (SSSR count). The van der Waals surface area contributed by atoms with E-state index in [0.29, 0.717) is 0 Å². The predicted octanol–water partition coefficient (Wildman–Crippen LogP) is 2.60. The van der Waals surface area contributed by atoms with Gasteiger partial charge in [-0.25, -0.2) is 0 Å². The minimum Gasteiger partial charge on any atom is -0.296 e. The van der Waals surface area contributed by atoms with Crippen molar-refractivity contribution < 1.29 is 0 Å². The van der Waals surface area contributed by atoms with Crippen molar-refractivity contribution in [2.45, 2.75) is 20.3 Å². The molecule has 0 saturated carbocycles. The molecule has 0 atom stereocenters. The Hall–Kier alpha value is -0.850. The molecular weight excluding hydrogens is 122 g/mol. The highest BCUT2D eigenvalue weighted by molar-refractivity contribution is 5.81. The van der Waals surface area contributed by atoms with Crippen molar-refractivity contribution in [2.24, 2.45) is 4.99 Å². The van der Waals surface area contributed by atoms with Gasteiger partial charge in [-0.15, -0.1) is 0 Å². The van der Waals surface area contributed by atoms with Crippen LogP contribution in [0.3, 0.4) is 0 Å². The van der Waals surface area contributed by atoms with Gasteiger partial charge in [-0.3, -0.25) is 4.99 Å². The average molecular weight is 137 g/mol. The van der Waals surface area contributed by atoms with E-state index in [1.54, 1.807) is 7.05 Å². The summed E-state index contributed by atoms with van der Waals surface area (Å²) in [6.45, 7) is 4.13. The second-order valence-corrected chi connectivity index (χ2v) is 1.99. The van der Waals surface area contributed by atoms with Gasteiger partial charge in [0.05, 0.1) is 0 Å². The molecule has 10 heavy (non-hydrogen) atoms. The van der Waals surface area contributed by atoms with Crippen molar-refractivity contribution in [1.82, 2.24) is 0 Å². The summed E-state index contributed by atoms with van der Waals surface area (Å²) in [5.74, 6) is 0. The zero-order valence-corrected chi connectivity index (χ0v) is 6.96. The van der Waals surface area contributed by atoms with E-state index in [1.807, 2.05) is 19.2 Å². The third kappa shape index (κ3) is 4.07. The van der Waals surface area contributed by atoms with E-state index in [-0.39, 0.29) is 0 Å². The van der Waals surface area contributed by atoms with Gasteiger partial charge in [0.15, 0.2) is 0 Å². The van der Waals surface area contributed by atoms with Crippen LogP contribution in [0.4, 0.5) is 0 Å². The average Bonchev–Trinajstić information content (AvgIpc) is 1.98. The molecule has 0 aliphatic heterocycles. The molecule has 0 aromatic rings. The first kappa shape index (κ1) is 9.15. The fraction of sp³-hybridized carbons (Fsp3) is 0.444. The molecule has 0 unspecified atom stereocenters. The molecule has 0 aromatic heterocycles. The number of rotatable bonds is 3. The first-order valence-corrected chi connectivity index (χ1v) is 3.60. The van der Waals surface area contributed by atoms with Crippen LogP contribution in [0, 0.1) is 0 Å². The van der Waals surface area contributed by atoms with Crippen LogP contribution in [0.5, 0.6) is 0 Å². The topological polar surface area (TPSA) is 12.4 Å². The van der Waals surface area contributed by atoms with Gasteiger partial charge in [0, 0.05) is 13.3 Å². The summed E-state index contributed by atoms with van der Waals surface area (Å²) in [7, 11) is 1.78. The van der Waals surface area contributed by atoms with Gasteiger partial charge >= 0.3 is 0 Å². The summed E-state index contributed by atoms with van der Waals surface area (Å²) in [6, 6.07) is 0. The van der Waals surface area contributed by atoms with E-state index in [0.717, 1.165) is 6.42 Å². The van der Waals surface area contributed by atoms with Crippen molar-refractivity contribution in [1.29, 1.82) is 0 Å². The second-order valence-electron chi connectivity index (χ2n) is 1.99. The first-order valence-electron chi connectivity index (χ1n) is 3.60. The molecule has 0 aliphatic rings. The van der Waals surface area contributed by atoms with Crippen LogP contribution in [0.1, 0.15) is 20.3 Å². The summed E-state index contributed by atoms with van der Waals surface area (Å²) in [5.41, 5.74) is 1.17. The van der Waals surface area contributed by atoms with Crippen LogP contribution in [0.25, 0.3) is 0 Å². The molecule has 0 aliphatic carbocycles. The minimum atomic E-state index is 1.08. The second kappa shape index (κ2) is 6.27. The van der Waals surface area contributed by atoms with Crippen molar-refractivity contribution in [3.63, 3.8) is 0 Å². The molecule has 0 heterocycles. The molecule has 0 amide bonds. The number of nitrogens with zero attached hydrogens (tertiary/aromatic N) is 1. The Labute approximate surface area is 63.2 Å². The molecule has 0 spiro atoms. The quantitative estimate of drug-likeness (QED) is 0.419. The highest BCUT2D eigenvalue weighted by Crippen LogP contribution is 1.93. The van der Waals surface area contributed by atoms with Gasteiger partial charge in [0.1, 0.15) is 0 Å². The lowest BCUT2D eigenvalue weighted by Gasteiger charge is -1.87. The lowest BCUT2D eigenvalue weighted by molar-refractivity contribution is 1.22. The van der Waals surface area contributed by atoms with Crippen molar-refractivity contribution >= 4 is 6.21 Å². The third-order valence-corrected chi connectivity index (χ3v) is 1.16. The lowest BCUT2D eigenvalue weighted by atomic mass is 10.2. The van der Waals surface area contributed by atoms with Crippen LogP contribution >= 0.6 is 0 Å². The smallest absolute Gasteiger partial charge is 0.0277 e. The van der Waals surface area contributed by atoms with E-state index in [4.69, 9.17) is 0 Å². The maximum absolute atomic E-state index is 3.92. The normalized spacial score (nSPS) is 13.7. The molecule has 56 valence electrons. The third-order valence-electron chi connectivity index (χ3n) is 1.16. The fourth-order valence-electron chi connectivity index (χ4n) is 0.617. The Balaban J connectivity index is 3.97. The zero-order chi connectivity index (χ0) is 7.82. The molecule has 0 aromatic carbocycles. The van der Waals surface area contributed by atoms with E-state index in [9.17, 15) is 0 Å². The number of aliphatic imine (C=N–C) groups is 1. The number of allylic oxidation sites excluding steroid dienone is 4. The highest BCUT2D eigenvalue weighted by atomic mass is 14.6. The van der Waals surface area contributed by atoms with E-state index in [1.165, 1.54) is 5.57 Å². The van der Waals surface area contributed by atoms with Crippen LogP contribution in [-0.4, -0.2) is 13.3 Å². The predicted molar refractivity (Wildman–Crippen MR) is 47.6 cm³/mol. The zero-order valence-electron chi connectivity index (χ0n) is 6.96. The number of hydrogen-bond acceptors (Lipinski definition) is 1. The molecule has 0 saturated heterocycles. The lowest BCUT2D eigenvalue weighted by Crippen LogP contribution is -1.77. The van der Waals surface area contributed by atoms with E-state index < -0.39 is 0 Å². The Morgan fingerprint density at radius 2 is 2.20 bits per heavy atom.